The van der Waals surface area contributed by atoms with Gasteiger partial charge < -0.3 is 8.98 Å². The zero-order valence-corrected chi connectivity index (χ0v) is 23.0. The summed E-state index contributed by atoms with van der Waals surface area (Å²) in [6.07, 6.45) is 0. The lowest BCUT2D eigenvalue weighted by molar-refractivity contribution is 0.669. The van der Waals surface area contributed by atoms with Crippen molar-refractivity contribution in [1.82, 2.24) is 4.57 Å². The van der Waals surface area contributed by atoms with Crippen LogP contribution in [0.5, 0.6) is 0 Å². The molecule has 0 saturated carbocycles. The Morgan fingerprint density at radius 1 is 0.432 bits per heavy atom. The van der Waals surface area contributed by atoms with E-state index in [0.29, 0.717) is 5.69 Å². The molecule has 0 aliphatic rings. The van der Waals surface area contributed by atoms with Gasteiger partial charge in [-0.15, -0.1) is 0 Å². The molecular weight excluding hydrogens is 534 g/mol. The molecule has 7 aromatic carbocycles. The average Bonchev–Trinajstić information content (AvgIpc) is 3.78. The fourth-order valence-electron chi connectivity index (χ4n) is 5.84. The molecule has 9 rings (SSSR count). The molecule has 2 nitrogen and oxygen atoms in total. The zero-order valence-electron chi connectivity index (χ0n) is 35.0. The van der Waals surface area contributed by atoms with Gasteiger partial charge in [0.25, 0.3) is 0 Å². The Morgan fingerprint density at radius 2 is 1.07 bits per heavy atom. The molecule has 0 saturated heterocycles. The average molecular weight is 574 g/mol. The van der Waals surface area contributed by atoms with Gasteiger partial charge in [-0.3, -0.25) is 0 Å². The van der Waals surface area contributed by atoms with Crippen LogP contribution in [-0.2, 0) is 0 Å². The first-order valence-electron chi connectivity index (χ1n) is 20.0. The third-order valence-electron chi connectivity index (χ3n) is 7.96. The minimum atomic E-state index is -0.671. The highest BCUT2D eigenvalue weighted by atomic mass is 16.3. The quantitative estimate of drug-likeness (QED) is 0.205. The predicted octanol–water partition coefficient (Wildman–Crippen LogP) is 11.7. The van der Waals surface area contributed by atoms with E-state index in [9.17, 15) is 2.74 Å². The number of fused-ring (bicyclic) bond motifs is 6. The maximum atomic E-state index is 9.33. The Balaban J connectivity index is 1.20. The molecular formula is C42H27NO. The molecule has 0 fully saturated rings. The van der Waals surface area contributed by atoms with E-state index in [1.54, 1.807) is 12.1 Å². The van der Waals surface area contributed by atoms with Crippen molar-refractivity contribution in [3.05, 3.63) is 164 Å². The Kier molecular flexibility index (Phi) is 3.49. The summed E-state index contributed by atoms with van der Waals surface area (Å²) < 4.78 is 111. The van der Waals surface area contributed by atoms with Crippen LogP contribution in [-0.4, -0.2) is 4.57 Å². The van der Waals surface area contributed by atoms with Crippen LogP contribution in [0.1, 0.15) is 16.4 Å². The van der Waals surface area contributed by atoms with Crippen molar-refractivity contribution < 1.29 is 20.9 Å². The molecule has 0 amide bonds. The highest BCUT2D eigenvalue weighted by Crippen LogP contribution is 2.36. The Hall–Kier alpha value is -5.86. The number of hydrogen-bond donors (Lipinski definition) is 0. The molecule has 0 aliphatic carbocycles. The van der Waals surface area contributed by atoms with E-state index in [1.807, 2.05) is 72.8 Å². The van der Waals surface area contributed by atoms with Crippen LogP contribution in [0.15, 0.2) is 168 Å². The van der Waals surface area contributed by atoms with Crippen LogP contribution < -0.4 is 0 Å². The molecule has 0 bridgehead atoms. The van der Waals surface area contributed by atoms with Gasteiger partial charge in [-0.05, 0) is 81.8 Å². The first-order valence-corrected chi connectivity index (χ1v) is 14.0. The first-order chi connectivity index (χ1) is 26.8. The summed E-state index contributed by atoms with van der Waals surface area (Å²) >= 11 is 0. The highest BCUT2D eigenvalue weighted by molar-refractivity contribution is 6.10. The molecule has 2 aromatic heterocycles. The van der Waals surface area contributed by atoms with Crippen molar-refractivity contribution in [3.63, 3.8) is 0 Å². The number of benzene rings is 7. The number of nitrogens with zero attached hydrogens (tertiary/aromatic N) is 1. The van der Waals surface area contributed by atoms with Crippen LogP contribution in [0.3, 0.4) is 0 Å². The number of aromatic nitrogens is 1. The molecule has 2 heterocycles. The standard InChI is InChI=1S/C42H27NO/c1-2-8-28(9-3-1)32-20-24-40-37(26-32)35-10-4-6-12-39(35)43(40)34-22-18-30(19-23-34)29-14-16-31(17-15-29)33-21-25-42-38(27-33)36-11-5-7-13-41(36)44-42/h1-27H/i1D,2D,3D,4D,6D,8D,9D,10D,12D,20D,24D,26D. The molecule has 2 heteroatoms. The zero-order chi connectivity index (χ0) is 39.5. The van der Waals surface area contributed by atoms with Gasteiger partial charge in [0.2, 0.25) is 0 Å². The Bertz CT molecular complexity index is 3120. The smallest absolute Gasteiger partial charge is 0.135 e. The van der Waals surface area contributed by atoms with Crippen molar-refractivity contribution in [3.8, 4) is 39.1 Å². The predicted molar refractivity (Wildman–Crippen MR) is 184 cm³/mol. The Labute approximate surface area is 271 Å². The van der Waals surface area contributed by atoms with Gasteiger partial charge in [0, 0.05) is 27.2 Å². The van der Waals surface area contributed by atoms with E-state index < -0.39 is 83.6 Å². The fourth-order valence-corrected chi connectivity index (χ4v) is 5.84. The van der Waals surface area contributed by atoms with E-state index in [2.05, 4.69) is 6.07 Å². The van der Waals surface area contributed by atoms with Crippen LogP contribution in [0.2, 0.25) is 0 Å². The molecule has 0 aliphatic heterocycles. The minimum Gasteiger partial charge on any atom is -0.456 e. The van der Waals surface area contributed by atoms with Crippen molar-refractivity contribution in [1.29, 1.82) is 0 Å². The summed E-state index contributed by atoms with van der Waals surface area (Å²) in [7, 11) is 0. The molecule has 0 radical (unpaired) electrons. The van der Waals surface area contributed by atoms with Crippen molar-refractivity contribution in [2.75, 3.05) is 0 Å². The van der Waals surface area contributed by atoms with Crippen LogP contribution in [0.4, 0.5) is 0 Å². The largest absolute Gasteiger partial charge is 0.456 e. The van der Waals surface area contributed by atoms with Crippen molar-refractivity contribution in [2.24, 2.45) is 0 Å². The van der Waals surface area contributed by atoms with Gasteiger partial charge in [-0.2, -0.15) is 0 Å². The molecule has 0 unspecified atom stereocenters. The Morgan fingerprint density at radius 3 is 1.89 bits per heavy atom. The summed E-state index contributed by atoms with van der Waals surface area (Å²) in [5, 5.41) is 1.89. The third-order valence-corrected chi connectivity index (χ3v) is 7.96. The molecule has 0 spiro atoms. The van der Waals surface area contributed by atoms with Gasteiger partial charge in [0.1, 0.15) is 11.2 Å². The second kappa shape index (κ2) is 9.86. The second-order valence-electron chi connectivity index (χ2n) is 10.5. The third kappa shape index (κ3) is 3.96. The van der Waals surface area contributed by atoms with E-state index in [0.717, 1.165) is 44.2 Å². The van der Waals surface area contributed by atoms with Crippen molar-refractivity contribution in [2.45, 2.75) is 0 Å². The summed E-state index contributed by atoms with van der Waals surface area (Å²) in [6, 6.07) is 22.4. The van der Waals surface area contributed by atoms with Gasteiger partial charge in [0.15, 0.2) is 0 Å². The van der Waals surface area contributed by atoms with Gasteiger partial charge in [-0.25, -0.2) is 0 Å². The summed E-state index contributed by atoms with van der Waals surface area (Å²) in [5.74, 6) is 0. The minimum absolute atomic E-state index is 0.0231. The fraction of sp³-hybridized carbons (Fsp3) is 0. The second-order valence-corrected chi connectivity index (χ2v) is 10.5. The summed E-state index contributed by atoms with van der Waals surface area (Å²) in [6.45, 7) is 0. The van der Waals surface area contributed by atoms with E-state index in [-0.39, 0.29) is 21.8 Å². The number of hydrogen-bond acceptors (Lipinski definition) is 1. The topological polar surface area (TPSA) is 18.1 Å². The number of furan rings is 1. The van der Waals surface area contributed by atoms with Gasteiger partial charge >= 0.3 is 0 Å². The molecule has 0 atom stereocenters. The maximum absolute atomic E-state index is 9.33. The molecule has 44 heavy (non-hydrogen) atoms. The van der Waals surface area contributed by atoms with Crippen molar-refractivity contribution >= 4 is 43.7 Å². The van der Waals surface area contributed by atoms with E-state index >= 15 is 0 Å². The number of rotatable bonds is 4. The molecule has 206 valence electrons. The van der Waals surface area contributed by atoms with E-state index in [4.69, 9.17) is 18.1 Å². The van der Waals surface area contributed by atoms with Crippen LogP contribution >= 0.6 is 0 Å². The maximum Gasteiger partial charge on any atom is 0.135 e. The summed E-state index contributed by atoms with van der Waals surface area (Å²) in [5.41, 5.74) is 4.94. The molecule has 9 aromatic rings. The number of para-hydroxylation sites is 2. The van der Waals surface area contributed by atoms with Gasteiger partial charge in [-0.1, -0.05) is 115 Å². The lowest BCUT2D eigenvalue weighted by Gasteiger charge is -2.10. The van der Waals surface area contributed by atoms with Crippen LogP contribution in [0.25, 0.3) is 82.8 Å². The highest BCUT2D eigenvalue weighted by Gasteiger charge is 2.14. The normalized spacial score (nSPS) is 15.5. The van der Waals surface area contributed by atoms with Gasteiger partial charge in [0.05, 0.1) is 27.5 Å². The molecule has 0 N–H and O–H groups in total. The summed E-state index contributed by atoms with van der Waals surface area (Å²) in [4.78, 5) is 0. The lowest BCUT2D eigenvalue weighted by Crippen LogP contribution is -1.93. The van der Waals surface area contributed by atoms with Crippen LogP contribution in [0, 0.1) is 0 Å². The first kappa shape index (κ1) is 15.6. The lowest BCUT2D eigenvalue weighted by atomic mass is 9.99. The monoisotopic (exact) mass is 573 g/mol. The van der Waals surface area contributed by atoms with E-state index in [1.165, 1.54) is 4.57 Å². The SMILES string of the molecule is [2H]c1c([2H])c([2H])c(-c2c([2H])c([2H])c3c(c2[2H])c2c([2H])c([2H])c([2H])c([2H])c2n3-c2ccc(-c3ccc(-c4ccc5oc6ccccc6c5c4)cc3)cc2)c([2H])c1[2H].